The molecule has 0 saturated carbocycles. The van der Waals surface area contributed by atoms with Crippen molar-refractivity contribution in [2.75, 3.05) is 0 Å². The molecule has 0 fully saturated rings. The number of carboxylic acids is 1. The first-order valence-corrected chi connectivity index (χ1v) is 4.95. The Bertz CT molecular complexity index is 498. The number of hydrogen-bond acceptors (Lipinski definition) is 1. The monoisotopic (exact) mass is 210 g/mol. The van der Waals surface area contributed by atoms with Gasteiger partial charge >= 0.3 is 5.97 Å². The Kier molecular flexibility index (Phi) is 2.88. The van der Waals surface area contributed by atoms with E-state index in [2.05, 4.69) is 11.8 Å². The summed E-state index contributed by atoms with van der Waals surface area (Å²) in [5.41, 5.74) is 1.12. The van der Waals surface area contributed by atoms with Crippen LogP contribution in [0.5, 0.6) is 0 Å². The van der Waals surface area contributed by atoms with E-state index in [1.807, 2.05) is 24.3 Å². The summed E-state index contributed by atoms with van der Waals surface area (Å²) >= 11 is 0. The van der Waals surface area contributed by atoms with Gasteiger partial charge in [0.1, 0.15) is 0 Å². The minimum Gasteiger partial charge on any atom is -0.478 e. The van der Waals surface area contributed by atoms with E-state index < -0.39 is 5.97 Å². The van der Waals surface area contributed by atoms with Gasteiger partial charge in [-0.25, -0.2) is 4.79 Å². The van der Waals surface area contributed by atoms with Crippen LogP contribution in [0.2, 0.25) is 0 Å². The van der Waals surface area contributed by atoms with Gasteiger partial charge in [0.05, 0.1) is 11.5 Å². The van der Waals surface area contributed by atoms with E-state index in [1.165, 1.54) is 0 Å². The van der Waals surface area contributed by atoms with Gasteiger partial charge < -0.3 is 5.11 Å². The van der Waals surface area contributed by atoms with Crippen molar-refractivity contribution in [3.63, 3.8) is 0 Å². The van der Waals surface area contributed by atoms with Crippen LogP contribution in [0.15, 0.2) is 48.6 Å². The fourth-order valence-electron chi connectivity index (χ4n) is 1.39. The Morgan fingerprint density at radius 3 is 2.31 bits per heavy atom. The Hall–Kier alpha value is -2.27. The summed E-state index contributed by atoms with van der Waals surface area (Å²) < 4.78 is 0. The van der Waals surface area contributed by atoms with Crippen molar-refractivity contribution in [1.29, 1.82) is 0 Å². The topological polar surface area (TPSA) is 37.3 Å². The molecule has 0 bridgehead atoms. The molecule has 1 aliphatic carbocycles. The van der Waals surface area contributed by atoms with Crippen molar-refractivity contribution in [1.82, 2.24) is 0 Å². The van der Waals surface area contributed by atoms with Gasteiger partial charge in [0.2, 0.25) is 0 Å². The van der Waals surface area contributed by atoms with Gasteiger partial charge in [-0.3, -0.25) is 0 Å². The summed E-state index contributed by atoms with van der Waals surface area (Å²) in [6, 6.07) is 6.57. The van der Waals surface area contributed by atoms with E-state index in [1.54, 1.807) is 24.3 Å². The van der Waals surface area contributed by atoms with Gasteiger partial charge in [0.15, 0.2) is 0 Å². The fraction of sp³-hybridized carbons (Fsp3) is 0.0714. The molecule has 0 aliphatic heterocycles. The third-order valence-corrected chi connectivity index (χ3v) is 2.26. The number of aromatic carboxylic acids is 1. The van der Waals surface area contributed by atoms with Gasteiger partial charge in [0, 0.05) is 5.56 Å². The largest absolute Gasteiger partial charge is 0.478 e. The Morgan fingerprint density at radius 2 is 1.75 bits per heavy atom. The highest BCUT2D eigenvalue weighted by Crippen LogP contribution is 2.08. The van der Waals surface area contributed by atoms with E-state index in [9.17, 15) is 4.79 Å². The minimum absolute atomic E-state index is 0.180. The molecule has 1 aromatic carbocycles. The lowest BCUT2D eigenvalue weighted by molar-refractivity contribution is 0.0697. The van der Waals surface area contributed by atoms with Crippen LogP contribution in [-0.4, -0.2) is 11.1 Å². The van der Waals surface area contributed by atoms with E-state index in [4.69, 9.17) is 5.11 Å². The van der Waals surface area contributed by atoms with Crippen molar-refractivity contribution in [2.24, 2.45) is 5.92 Å². The standard InChI is InChI=1S/C14H10O2/c15-14(16)13-9-7-12(8-10-13)6-5-11-3-1-2-4-11/h1-4,7-11H,(H,15,16). The molecule has 0 amide bonds. The van der Waals surface area contributed by atoms with Crippen molar-refractivity contribution in [3.05, 3.63) is 59.7 Å². The molecule has 0 aromatic heterocycles. The smallest absolute Gasteiger partial charge is 0.335 e. The molecule has 0 unspecified atom stereocenters. The normalized spacial score (nSPS) is 13.5. The molecular formula is C14H10O2. The highest BCUT2D eigenvalue weighted by molar-refractivity contribution is 5.87. The molecule has 1 aliphatic rings. The second-order valence-corrected chi connectivity index (χ2v) is 3.45. The van der Waals surface area contributed by atoms with E-state index in [0.29, 0.717) is 0 Å². The first-order chi connectivity index (χ1) is 7.75. The molecule has 2 nitrogen and oxygen atoms in total. The summed E-state index contributed by atoms with van der Waals surface area (Å²) in [6.07, 6.45) is 7.96. The molecule has 0 radical (unpaired) electrons. The Morgan fingerprint density at radius 1 is 1.12 bits per heavy atom. The Labute approximate surface area is 93.9 Å². The van der Waals surface area contributed by atoms with E-state index >= 15 is 0 Å². The van der Waals surface area contributed by atoms with E-state index in [-0.39, 0.29) is 11.5 Å². The van der Waals surface area contributed by atoms with Gasteiger partial charge in [-0.15, -0.1) is 0 Å². The number of hydrogen-bond donors (Lipinski definition) is 1. The van der Waals surface area contributed by atoms with Gasteiger partial charge in [-0.2, -0.15) is 0 Å². The highest BCUT2D eigenvalue weighted by atomic mass is 16.4. The van der Waals surface area contributed by atoms with Crippen LogP contribution >= 0.6 is 0 Å². The third kappa shape index (κ3) is 2.40. The average molecular weight is 210 g/mol. The second-order valence-electron chi connectivity index (χ2n) is 3.45. The summed E-state index contributed by atoms with van der Waals surface area (Å²) in [6.45, 7) is 0. The zero-order valence-corrected chi connectivity index (χ0v) is 8.55. The first kappa shape index (κ1) is 10.3. The fourth-order valence-corrected chi connectivity index (χ4v) is 1.39. The van der Waals surface area contributed by atoms with Crippen molar-refractivity contribution in [2.45, 2.75) is 0 Å². The highest BCUT2D eigenvalue weighted by Gasteiger charge is 2.00. The summed E-state index contributed by atoms with van der Waals surface area (Å²) in [5.74, 6) is 5.35. The lowest BCUT2D eigenvalue weighted by atomic mass is 10.1. The molecule has 0 heterocycles. The van der Waals surface area contributed by atoms with Crippen LogP contribution < -0.4 is 0 Å². The van der Waals surface area contributed by atoms with Crippen LogP contribution in [-0.2, 0) is 0 Å². The van der Waals surface area contributed by atoms with E-state index in [0.717, 1.165) is 5.56 Å². The number of benzene rings is 1. The maximum atomic E-state index is 10.6. The predicted molar refractivity (Wildman–Crippen MR) is 62.0 cm³/mol. The SMILES string of the molecule is O=C(O)c1ccc(C#CC2C=CC=C2)cc1. The summed E-state index contributed by atoms with van der Waals surface area (Å²) in [7, 11) is 0. The van der Waals surface area contributed by atoms with Crippen LogP contribution in [0, 0.1) is 17.8 Å². The van der Waals surface area contributed by atoms with Crippen molar-refractivity contribution >= 4 is 5.97 Å². The van der Waals surface area contributed by atoms with Crippen LogP contribution in [0.25, 0.3) is 0 Å². The predicted octanol–water partition coefficient (Wildman–Crippen LogP) is 2.48. The molecule has 2 heteroatoms. The maximum Gasteiger partial charge on any atom is 0.335 e. The molecular weight excluding hydrogens is 200 g/mol. The zero-order chi connectivity index (χ0) is 11.4. The van der Waals surface area contributed by atoms with Crippen LogP contribution in [0.4, 0.5) is 0 Å². The average Bonchev–Trinajstić information content (AvgIpc) is 2.80. The van der Waals surface area contributed by atoms with Crippen molar-refractivity contribution < 1.29 is 9.90 Å². The first-order valence-electron chi connectivity index (χ1n) is 4.95. The summed E-state index contributed by atoms with van der Waals surface area (Å²) in [5, 5.41) is 8.72. The van der Waals surface area contributed by atoms with Crippen LogP contribution in [0.1, 0.15) is 15.9 Å². The van der Waals surface area contributed by atoms with Gasteiger partial charge in [0.25, 0.3) is 0 Å². The summed E-state index contributed by atoms with van der Waals surface area (Å²) in [4.78, 5) is 10.6. The molecule has 2 rings (SSSR count). The number of carbonyl (C=O) groups is 1. The second kappa shape index (κ2) is 4.50. The molecule has 0 spiro atoms. The lowest BCUT2D eigenvalue weighted by Gasteiger charge is -1.94. The number of carboxylic acid groups (broad SMARTS) is 1. The lowest BCUT2D eigenvalue weighted by Crippen LogP contribution is -1.95. The van der Waals surface area contributed by atoms with Gasteiger partial charge in [-0.05, 0) is 24.3 Å². The third-order valence-electron chi connectivity index (χ3n) is 2.26. The molecule has 78 valence electrons. The number of allylic oxidation sites excluding steroid dienone is 4. The molecule has 16 heavy (non-hydrogen) atoms. The Balaban J connectivity index is 2.13. The van der Waals surface area contributed by atoms with Crippen LogP contribution in [0.3, 0.4) is 0 Å². The maximum absolute atomic E-state index is 10.6. The quantitative estimate of drug-likeness (QED) is 0.723. The number of rotatable bonds is 1. The van der Waals surface area contributed by atoms with Crippen molar-refractivity contribution in [3.8, 4) is 11.8 Å². The minimum atomic E-state index is -0.916. The van der Waals surface area contributed by atoms with Gasteiger partial charge in [-0.1, -0.05) is 36.1 Å². The molecule has 1 aromatic rings. The molecule has 0 saturated heterocycles. The molecule has 0 atom stereocenters. The zero-order valence-electron chi connectivity index (χ0n) is 8.55. The molecule has 1 N–H and O–H groups in total.